The van der Waals surface area contributed by atoms with E-state index in [2.05, 4.69) is 0 Å². The van der Waals surface area contributed by atoms with Crippen LogP contribution in [0.25, 0.3) is 0 Å². The summed E-state index contributed by atoms with van der Waals surface area (Å²) < 4.78 is 0. The van der Waals surface area contributed by atoms with Crippen LogP contribution in [0, 0.1) is 0 Å². The summed E-state index contributed by atoms with van der Waals surface area (Å²) in [6, 6.07) is 0. The number of rotatable bonds is 3. The second-order valence-electron chi connectivity index (χ2n) is 1.80. The smallest absolute Gasteiger partial charge is 0.326 e. The maximum absolute atomic E-state index is 8.56. The molecule has 1 nitrogen and oxygen atoms in total. The Balaban J connectivity index is 3.85. The topological polar surface area (TPSA) is 20.2 Å². The van der Waals surface area contributed by atoms with Crippen LogP contribution in [0.4, 0.5) is 0 Å². The summed E-state index contributed by atoms with van der Waals surface area (Å²) in [4.78, 5) is 0. The minimum absolute atomic E-state index is 0.818. The van der Waals surface area contributed by atoms with Gasteiger partial charge in [-0.05, 0) is 13.8 Å². The molecule has 0 atom stereocenters. The maximum Gasteiger partial charge on any atom is 0.326 e. The minimum Gasteiger partial charge on any atom is -0.450 e. The number of hydrogen-bond acceptors (Lipinski definition) is 1. The van der Waals surface area contributed by atoms with Crippen LogP contribution in [-0.4, -0.2) is 12.5 Å². The van der Waals surface area contributed by atoms with E-state index in [1.807, 2.05) is 44.2 Å². The average molecular weight is 135 g/mol. The molecular formula is C8H12BO. The van der Waals surface area contributed by atoms with E-state index in [1.54, 1.807) is 0 Å². The molecule has 0 aromatic carbocycles. The van der Waals surface area contributed by atoms with Crippen LogP contribution in [0.2, 0.25) is 0 Å². The Labute approximate surface area is 63.0 Å². The van der Waals surface area contributed by atoms with Crippen molar-refractivity contribution in [3.8, 4) is 0 Å². The minimum atomic E-state index is 0.818. The first-order valence-corrected chi connectivity index (χ1v) is 3.28. The van der Waals surface area contributed by atoms with E-state index in [9.17, 15) is 0 Å². The van der Waals surface area contributed by atoms with Gasteiger partial charge in [-0.2, -0.15) is 0 Å². The molecule has 0 spiro atoms. The van der Waals surface area contributed by atoms with Gasteiger partial charge in [-0.3, -0.25) is 0 Å². The molecular weight excluding hydrogens is 123 g/mol. The van der Waals surface area contributed by atoms with Gasteiger partial charge in [0.15, 0.2) is 0 Å². The molecule has 2 heteroatoms. The average Bonchev–Trinajstić information content (AvgIpc) is 1.99. The van der Waals surface area contributed by atoms with Crippen molar-refractivity contribution in [3.63, 3.8) is 0 Å². The van der Waals surface area contributed by atoms with E-state index >= 15 is 0 Å². The predicted molar refractivity (Wildman–Crippen MR) is 45.7 cm³/mol. The highest BCUT2D eigenvalue weighted by molar-refractivity contribution is 6.37. The highest BCUT2D eigenvalue weighted by Crippen LogP contribution is 1.92. The quantitative estimate of drug-likeness (QED) is 0.460. The standard InChI is InChI=1S/C8H12BO/c1-3-5-6-7-8(4-2)9-10/h3-7,10H,1-2H3. The Kier molecular flexibility index (Phi) is 5.89. The van der Waals surface area contributed by atoms with E-state index < -0.39 is 0 Å². The summed E-state index contributed by atoms with van der Waals surface area (Å²) in [7, 11) is 1.08. The van der Waals surface area contributed by atoms with Crippen molar-refractivity contribution in [1.29, 1.82) is 0 Å². The van der Waals surface area contributed by atoms with Crippen LogP contribution in [0.3, 0.4) is 0 Å². The Bertz CT molecular complexity index is 157. The third-order valence-corrected chi connectivity index (χ3v) is 1.07. The third kappa shape index (κ3) is 4.16. The third-order valence-electron chi connectivity index (χ3n) is 1.07. The van der Waals surface area contributed by atoms with Crippen LogP contribution in [-0.2, 0) is 0 Å². The summed E-state index contributed by atoms with van der Waals surface area (Å²) in [5.74, 6) is 0. The second-order valence-corrected chi connectivity index (χ2v) is 1.80. The molecule has 0 aromatic heterocycles. The molecule has 0 unspecified atom stereocenters. The first-order chi connectivity index (χ1) is 4.85. The number of allylic oxidation sites excluding steroid dienone is 6. The molecule has 0 aromatic rings. The van der Waals surface area contributed by atoms with E-state index in [4.69, 9.17) is 5.02 Å². The van der Waals surface area contributed by atoms with Crippen LogP contribution in [0.5, 0.6) is 0 Å². The molecule has 0 fully saturated rings. The van der Waals surface area contributed by atoms with E-state index in [0.717, 1.165) is 13.0 Å². The van der Waals surface area contributed by atoms with Gasteiger partial charge in [0.2, 0.25) is 0 Å². The molecule has 53 valence electrons. The molecule has 0 saturated heterocycles. The fourth-order valence-electron chi connectivity index (χ4n) is 0.492. The molecule has 0 saturated carbocycles. The Morgan fingerprint density at radius 3 is 2.40 bits per heavy atom. The van der Waals surface area contributed by atoms with Gasteiger partial charge in [0.25, 0.3) is 0 Å². The maximum atomic E-state index is 8.56. The number of hydrogen-bond donors (Lipinski definition) is 1. The van der Waals surface area contributed by atoms with Crippen molar-refractivity contribution >= 4 is 7.48 Å². The highest BCUT2D eigenvalue weighted by Gasteiger charge is 1.86. The summed E-state index contributed by atoms with van der Waals surface area (Å²) in [6.07, 6.45) is 9.39. The van der Waals surface area contributed by atoms with Gasteiger partial charge in [-0.25, -0.2) is 0 Å². The molecule has 0 bridgehead atoms. The van der Waals surface area contributed by atoms with Crippen molar-refractivity contribution in [2.75, 3.05) is 0 Å². The first-order valence-electron chi connectivity index (χ1n) is 3.28. The van der Waals surface area contributed by atoms with Gasteiger partial charge in [0.1, 0.15) is 0 Å². The molecule has 0 rings (SSSR count). The lowest BCUT2D eigenvalue weighted by molar-refractivity contribution is 0.612. The Morgan fingerprint density at radius 2 is 2.00 bits per heavy atom. The lowest BCUT2D eigenvalue weighted by Crippen LogP contribution is -1.89. The molecule has 10 heavy (non-hydrogen) atoms. The SMILES string of the molecule is CC=CC=CC([B]O)=CC. The summed E-state index contributed by atoms with van der Waals surface area (Å²) >= 11 is 0. The van der Waals surface area contributed by atoms with Crippen molar-refractivity contribution in [2.45, 2.75) is 13.8 Å². The van der Waals surface area contributed by atoms with Crippen LogP contribution < -0.4 is 0 Å². The zero-order valence-corrected chi connectivity index (χ0v) is 6.41. The van der Waals surface area contributed by atoms with Crippen molar-refractivity contribution in [3.05, 3.63) is 35.9 Å². The largest absolute Gasteiger partial charge is 0.450 e. The van der Waals surface area contributed by atoms with Gasteiger partial charge >= 0.3 is 7.48 Å². The monoisotopic (exact) mass is 135 g/mol. The summed E-state index contributed by atoms with van der Waals surface area (Å²) in [5.41, 5.74) is 0.818. The zero-order chi connectivity index (χ0) is 7.82. The Morgan fingerprint density at radius 1 is 1.30 bits per heavy atom. The zero-order valence-electron chi connectivity index (χ0n) is 6.41. The molecule has 0 aliphatic heterocycles. The van der Waals surface area contributed by atoms with Crippen molar-refractivity contribution in [1.82, 2.24) is 0 Å². The molecule has 1 N–H and O–H groups in total. The summed E-state index contributed by atoms with van der Waals surface area (Å²) in [5, 5.41) is 8.56. The van der Waals surface area contributed by atoms with Crippen molar-refractivity contribution in [2.24, 2.45) is 0 Å². The fraction of sp³-hybridized carbons (Fsp3) is 0.250. The van der Waals surface area contributed by atoms with E-state index in [-0.39, 0.29) is 0 Å². The van der Waals surface area contributed by atoms with E-state index in [1.165, 1.54) is 0 Å². The molecule has 0 aliphatic carbocycles. The van der Waals surface area contributed by atoms with Gasteiger partial charge in [-0.1, -0.05) is 35.9 Å². The molecule has 0 heterocycles. The molecule has 0 amide bonds. The lowest BCUT2D eigenvalue weighted by atomic mass is 9.87. The second kappa shape index (κ2) is 6.37. The van der Waals surface area contributed by atoms with Gasteiger partial charge < -0.3 is 5.02 Å². The van der Waals surface area contributed by atoms with Gasteiger partial charge in [0, 0.05) is 0 Å². The summed E-state index contributed by atoms with van der Waals surface area (Å²) in [6.45, 7) is 3.82. The van der Waals surface area contributed by atoms with Crippen molar-refractivity contribution < 1.29 is 5.02 Å². The van der Waals surface area contributed by atoms with Gasteiger partial charge in [0.05, 0.1) is 0 Å². The molecule has 1 radical (unpaired) electrons. The normalized spacial score (nSPS) is 13.3. The lowest BCUT2D eigenvalue weighted by Gasteiger charge is -1.87. The van der Waals surface area contributed by atoms with Crippen LogP contribution in [0.15, 0.2) is 35.9 Å². The molecule has 0 aliphatic rings. The fourth-order valence-corrected chi connectivity index (χ4v) is 0.492. The highest BCUT2D eigenvalue weighted by atomic mass is 16.2. The van der Waals surface area contributed by atoms with Crippen LogP contribution >= 0.6 is 0 Å². The predicted octanol–water partition coefficient (Wildman–Crippen LogP) is 1.63. The van der Waals surface area contributed by atoms with E-state index in [0.29, 0.717) is 0 Å². The first kappa shape index (κ1) is 9.24. The Hall–Kier alpha value is -0.755. The van der Waals surface area contributed by atoms with Crippen LogP contribution in [0.1, 0.15) is 13.8 Å². The van der Waals surface area contributed by atoms with Gasteiger partial charge in [-0.15, -0.1) is 0 Å².